The molecule has 3 aromatic carbocycles. The Labute approximate surface area is 694 Å². The fourth-order valence-corrected chi connectivity index (χ4v) is 13.9. The number of aliphatic hydroxyl groups is 1. The van der Waals surface area contributed by atoms with Gasteiger partial charge in [-0.15, -0.1) is 0 Å². The van der Waals surface area contributed by atoms with Gasteiger partial charge in [0.25, 0.3) is 5.91 Å². The standard InChI is InChI=1S/C59H84N16O12.C20H23N7O7/c1-6-63-57(86)48-14-10-22-75(48)58(87)41(13-9-21-64-59(60)61)68-51(80)42(23-32(2)3)69-52(81)43(24-33(4)5)70-53(82)44(25-34-15-17-37(77)18-16-34)71-56(85)47(30-76)74-54(83)45(26-35-28-65-39-12-8-7-11-38(35)39)72-55(84)46(27-36-29-62-31-66-36)73-50(79)40-19-20-49(78)67-40;21-20-25-16-15(18(32)26-20)27(9-28)12(8-23-16)7-22-11-3-1-10(2-4-11)17(31)24-13(19(33)34)5-6-14(29)30/h7-8,11-12,15-18,28-29,31-33,40-48,65,76-77H,6,9-10,13-14,19-27,30H2,1-5H3,(H,62,66)(H,63,86)(H,67,78)(H,68,80)(H,69,81)(H,70,82)(H,71,85)(H,72,84)(H,73,79)(H,74,83)(H4,60,61,64);1-4,9,12-13,22H,5-8H2,(H,24,31)(H,29,30)(H,33,34)(H4,21,23,25,26,32)/t40-,41-,42-,43+,44-,45-,46-,47-,48-;12?,13-/m00/s1. The number of aromatic nitrogens is 5. The van der Waals surface area contributed by atoms with Crippen molar-refractivity contribution in [3.8, 4) is 5.75 Å². The maximum Gasteiger partial charge on any atom is 0.326 e. The zero-order valence-corrected chi connectivity index (χ0v) is 67.5. The number of phenols is 1. The average Bonchev–Trinajstić information content (AvgIpc) is 1.62. The van der Waals surface area contributed by atoms with Gasteiger partial charge in [0.15, 0.2) is 11.6 Å². The summed E-state index contributed by atoms with van der Waals surface area (Å²) in [4.78, 5) is 217. The minimum atomic E-state index is -1.75. The summed E-state index contributed by atoms with van der Waals surface area (Å²) in [6.07, 6.45) is 5.71. The molecule has 6 aromatic rings. The van der Waals surface area contributed by atoms with Crippen LogP contribution in [0.15, 0.2) is 96.3 Å². The lowest BCUT2D eigenvalue weighted by atomic mass is 9.98. The number of guanidine groups is 1. The molecule has 0 radical (unpaired) electrons. The number of aliphatic hydroxyl groups excluding tert-OH is 1. The van der Waals surface area contributed by atoms with E-state index in [4.69, 9.17) is 22.0 Å². The molecule has 0 spiro atoms. The second-order valence-electron chi connectivity index (χ2n) is 30.3. The molecule has 0 saturated carbocycles. The van der Waals surface area contributed by atoms with E-state index in [9.17, 15) is 87.2 Å². The number of nitrogens with zero attached hydrogens (tertiary/aromatic N) is 4. The molecular weight excluding hydrogens is 1580 g/mol. The Bertz CT molecular complexity index is 4710. The fourth-order valence-electron chi connectivity index (χ4n) is 13.9. The molecule has 0 bridgehead atoms. The molecular formula is C79H107N23O19. The Morgan fingerprint density at radius 3 is 1.89 bits per heavy atom. The molecule has 3 aliphatic rings. The second kappa shape index (κ2) is 44.7. The van der Waals surface area contributed by atoms with Crippen molar-refractivity contribution in [2.45, 2.75) is 185 Å². The van der Waals surface area contributed by atoms with Crippen molar-refractivity contribution in [1.29, 1.82) is 5.41 Å². The van der Waals surface area contributed by atoms with Crippen molar-refractivity contribution in [2.24, 2.45) is 17.6 Å². The van der Waals surface area contributed by atoms with Crippen LogP contribution >= 0.6 is 0 Å². The van der Waals surface area contributed by atoms with Gasteiger partial charge in [-0.25, -0.2) is 9.78 Å². The third-order valence-electron chi connectivity index (χ3n) is 20.1. The lowest BCUT2D eigenvalue weighted by Crippen LogP contribution is -2.61. The molecule has 9 rings (SSSR count). The van der Waals surface area contributed by atoms with Gasteiger partial charge in [-0.3, -0.25) is 72.5 Å². The van der Waals surface area contributed by atoms with Crippen molar-refractivity contribution >= 4 is 123 Å². The second-order valence-corrected chi connectivity index (χ2v) is 30.3. The van der Waals surface area contributed by atoms with E-state index >= 15 is 0 Å². The van der Waals surface area contributed by atoms with Crippen LogP contribution in [-0.4, -0.2) is 245 Å². The minimum absolute atomic E-state index is 0.0380. The molecule has 6 heterocycles. The number of carboxylic acid groups (broad SMARTS) is 2. The average molecular weight is 1680 g/mol. The van der Waals surface area contributed by atoms with Gasteiger partial charge in [0, 0.05) is 105 Å². The number of imidazole rings is 1. The molecule has 2 fully saturated rings. The highest BCUT2D eigenvalue weighted by Crippen LogP contribution is 2.27. The van der Waals surface area contributed by atoms with Crippen LogP contribution in [-0.2, 0) is 81.6 Å². The molecule has 25 N–H and O–H groups in total. The number of rotatable bonds is 42. The predicted molar refractivity (Wildman–Crippen MR) is 440 cm³/mol. The lowest BCUT2D eigenvalue weighted by molar-refractivity contribution is -0.142. The highest BCUT2D eigenvalue weighted by molar-refractivity contribution is 6.01. The number of hydrogen-bond acceptors (Lipinski definition) is 23. The monoisotopic (exact) mass is 1680 g/mol. The van der Waals surface area contributed by atoms with E-state index in [0.29, 0.717) is 72.5 Å². The van der Waals surface area contributed by atoms with Gasteiger partial charge in [-0.1, -0.05) is 58.0 Å². The molecule has 42 heteroatoms. The smallest absolute Gasteiger partial charge is 0.326 e. The molecule has 2 saturated heterocycles. The van der Waals surface area contributed by atoms with Gasteiger partial charge in [-0.05, 0) is 124 Å². The number of aliphatic carboxylic acids is 2. The molecule has 11 atom stereocenters. The van der Waals surface area contributed by atoms with E-state index in [2.05, 4.69) is 94.0 Å². The van der Waals surface area contributed by atoms with Crippen LogP contribution in [0.1, 0.15) is 126 Å². The summed E-state index contributed by atoms with van der Waals surface area (Å²) >= 11 is 0. The highest BCUT2D eigenvalue weighted by atomic mass is 16.4. The number of H-pyrrole nitrogens is 3. The van der Waals surface area contributed by atoms with Crippen molar-refractivity contribution in [2.75, 3.05) is 60.6 Å². The number of nitrogens with one attached hydrogen (secondary N) is 17. The third kappa shape index (κ3) is 27.4. The van der Waals surface area contributed by atoms with Crippen molar-refractivity contribution in [1.82, 2.24) is 88.3 Å². The maximum absolute atomic E-state index is 14.7. The minimum Gasteiger partial charge on any atom is -0.508 e. The topological polar surface area (TPSA) is 649 Å². The number of likely N-dealkylation sites (N-methyl/N-ethyl adjacent to an activating group) is 1. The van der Waals surface area contributed by atoms with Gasteiger partial charge >= 0.3 is 17.5 Å². The van der Waals surface area contributed by atoms with Crippen LogP contribution in [0.3, 0.4) is 0 Å². The Morgan fingerprint density at radius 2 is 1.31 bits per heavy atom. The molecule has 42 nitrogen and oxygen atoms in total. The number of carbonyl (C=O) groups is 14. The van der Waals surface area contributed by atoms with Gasteiger partial charge in [-0.2, -0.15) is 4.98 Å². The summed E-state index contributed by atoms with van der Waals surface area (Å²) in [6.45, 7) is 9.46. The Balaban J connectivity index is 0.000000444. The number of para-hydroxylation sites is 1. The van der Waals surface area contributed by atoms with Crippen LogP contribution in [0.25, 0.3) is 10.9 Å². The zero-order valence-electron chi connectivity index (χ0n) is 67.5. The largest absolute Gasteiger partial charge is 0.508 e. The summed E-state index contributed by atoms with van der Waals surface area (Å²) < 4.78 is 0. The van der Waals surface area contributed by atoms with Crippen molar-refractivity contribution in [3.63, 3.8) is 0 Å². The number of aromatic hydroxyl groups is 1. The SMILES string of the molecule is CCNC(=O)[C@@H]1CCCN1C(=O)[C@H](CCCNC(=N)N)NC(=O)[C@H](CC(C)C)NC(=O)[C@@H](CC(C)C)NC(=O)[C@H](Cc1ccc(O)cc1)NC(=O)[C@H](CO)NC(=O)[C@H](Cc1c[nH]c2ccccc12)NC(=O)[C@H](Cc1cnc[nH]1)NC(=O)[C@@H]1CCC(=O)N1.Nc1nc(=O)c2c([nH]1)NCC(CNc1ccc(C(=O)N[C@@H](CCC(=O)O)C(=O)O)cc1)N2C=O. The maximum atomic E-state index is 14.7. The number of amides is 12. The van der Waals surface area contributed by atoms with Gasteiger partial charge in [0.2, 0.25) is 71.4 Å². The number of benzene rings is 3. The molecule has 3 aromatic heterocycles. The zero-order chi connectivity index (χ0) is 88.1. The molecule has 3 aliphatic heterocycles. The number of carbonyl (C=O) groups excluding carboxylic acids is 12. The molecule has 12 amide bonds. The third-order valence-corrected chi connectivity index (χ3v) is 20.1. The number of nitrogens with two attached hydrogens (primary N) is 2. The van der Waals surface area contributed by atoms with Crippen molar-refractivity contribution < 1.29 is 87.5 Å². The quantitative estimate of drug-likeness (QED) is 0.00856. The number of phenolic OH excluding ortho intramolecular Hbond substituents is 1. The molecule has 652 valence electrons. The van der Waals surface area contributed by atoms with Crippen LogP contribution in [0, 0.1) is 17.2 Å². The predicted octanol–water partition coefficient (Wildman–Crippen LogP) is -1.96. The first-order valence-electron chi connectivity index (χ1n) is 39.7. The first kappa shape index (κ1) is 92.8. The van der Waals surface area contributed by atoms with Crippen LogP contribution < -0.4 is 91.0 Å². The lowest BCUT2D eigenvalue weighted by Gasteiger charge is -2.34. The number of likely N-dealkylation sites (tertiary alicyclic amines) is 1. The van der Waals surface area contributed by atoms with E-state index in [1.54, 1.807) is 57.3 Å². The van der Waals surface area contributed by atoms with Crippen LogP contribution in [0.4, 0.5) is 23.1 Å². The highest BCUT2D eigenvalue weighted by Gasteiger charge is 2.41. The van der Waals surface area contributed by atoms with E-state index in [0.717, 1.165) is 5.52 Å². The van der Waals surface area contributed by atoms with Gasteiger partial charge in [0.1, 0.15) is 72.0 Å². The van der Waals surface area contributed by atoms with Crippen LogP contribution in [0.5, 0.6) is 5.75 Å². The number of nitrogen functional groups attached to an aromatic ring is 1. The van der Waals surface area contributed by atoms with Gasteiger partial charge in [0.05, 0.1) is 19.0 Å². The van der Waals surface area contributed by atoms with E-state index in [1.165, 1.54) is 58.7 Å². The normalized spacial score (nSPS) is 16.7. The van der Waals surface area contributed by atoms with Crippen LogP contribution in [0.2, 0.25) is 0 Å². The van der Waals surface area contributed by atoms with E-state index in [1.807, 2.05) is 19.9 Å². The Hall–Kier alpha value is -13.7. The number of fused-ring (bicyclic) bond motifs is 2. The fraction of sp³-hybridized carbons (Fsp3) is 0.468. The molecule has 121 heavy (non-hydrogen) atoms. The summed E-state index contributed by atoms with van der Waals surface area (Å²) in [7, 11) is 0. The van der Waals surface area contributed by atoms with E-state index < -0.39 is 150 Å². The van der Waals surface area contributed by atoms with E-state index in [-0.39, 0.29) is 130 Å². The Kier molecular flexibility index (Phi) is 34.3. The summed E-state index contributed by atoms with van der Waals surface area (Å²) in [5.74, 6) is -10.6. The number of carboxylic acids is 2. The number of anilines is 4. The number of aromatic amines is 3. The summed E-state index contributed by atoms with van der Waals surface area (Å²) in [5.41, 5.74) is 13.4. The first-order chi connectivity index (χ1) is 57.7. The van der Waals surface area contributed by atoms with Crippen molar-refractivity contribution in [3.05, 3.63) is 124 Å². The summed E-state index contributed by atoms with van der Waals surface area (Å²) in [5, 5.41) is 82.4. The molecule has 1 unspecified atom stereocenters. The van der Waals surface area contributed by atoms with Gasteiger partial charge < -0.3 is 126 Å². The Morgan fingerprint density at radius 1 is 0.694 bits per heavy atom. The first-order valence-corrected chi connectivity index (χ1v) is 39.7. The number of hydrogen-bond donors (Lipinski definition) is 23. The molecule has 0 aliphatic carbocycles. The summed E-state index contributed by atoms with van der Waals surface area (Å²) in [6, 6.07) is 5.93.